The van der Waals surface area contributed by atoms with Gasteiger partial charge >= 0.3 is 0 Å². The maximum absolute atomic E-state index is 12.1. The molecule has 0 unspecified atom stereocenters. The molecule has 8 nitrogen and oxygen atoms in total. The number of anilines is 1. The van der Waals surface area contributed by atoms with E-state index in [1.807, 2.05) is 0 Å². The standard InChI is InChI=1S/C14H11N3O5/c1-9-2-3-10(8-13(9)17(21)22)14(18)15-11-4-6-12(7-5-11)16(19)20/h2-8H,1H3,(H,15,18). The van der Waals surface area contributed by atoms with E-state index in [0.717, 1.165) is 0 Å². The van der Waals surface area contributed by atoms with E-state index in [1.54, 1.807) is 6.92 Å². The summed E-state index contributed by atoms with van der Waals surface area (Å²) in [5.74, 6) is -0.531. The van der Waals surface area contributed by atoms with Gasteiger partial charge in [0.15, 0.2) is 0 Å². The quantitative estimate of drug-likeness (QED) is 0.688. The number of aryl methyl sites for hydroxylation is 1. The first kappa shape index (κ1) is 15.1. The van der Waals surface area contributed by atoms with Gasteiger partial charge in [-0.3, -0.25) is 25.0 Å². The van der Waals surface area contributed by atoms with Gasteiger partial charge in [0.1, 0.15) is 0 Å². The number of hydrogen-bond donors (Lipinski definition) is 1. The Labute approximate surface area is 124 Å². The fraction of sp³-hybridized carbons (Fsp3) is 0.0714. The molecule has 0 saturated carbocycles. The van der Waals surface area contributed by atoms with Crippen molar-refractivity contribution in [3.63, 3.8) is 0 Å². The average Bonchev–Trinajstić information content (AvgIpc) is 2.47. The van der Waals surface area contributed by atoms with Crippen molar-refractivity contribution >= 4 is 23.0 Å². The van der Waals surface area contributed by atoms with E-state index >= 15 is 0 Å². The van der Waals surface area contributed by atoms with Crippen LogP contribution < -0.4 is 5.32 Å². The van der Waals surface area contributed by atoms with Gasteiger partial charge in [0, 0.05) is 35.0 Å². The number of nitro benzene ring substituents is 2. The van der Waals surface area contributed by atoms with Crippen molar-refractivity contribution in [2.24, 2.45) is 0 Å². The number of benzene rings is 2. The van der Waals surface area contributed by atoms with E-state index in [4.69, 9.17) is 0 Å². The minimum atomic E-state index is -0.558. The molecule has 0 saturated heterocycles. The van der Waals surface area contributed by atoms with Crippen molar-refractivity contribution in [1.82, 2.24) is 0 Å². The highest BCUT2D eigenvalue weighted by molar-refractivity contribution is 6.04. The number of amides is 1. The normalized spacial score (nSPS) is 10.0. The Kier molecular flexibility index (Phi) is 4.12. The molecule has 0 aliphatic rings. The largest absolute Gasteiger partial charge is 0.322 e. The van der Waals surface area contributed by atoms with Gasteiger partial charge in [0.2, 0.25) is 0 Å². The second-order valence-corrected chi connectivity index (χ2v) is 4.52. The predicted octanol–water partition coefficient (Wildman–Crippen LogP) is 3.06. The van der Waals surface area contributed by atoms with Gasteiger partial charge in [0.25, 0.3) is 17.3 Å². The van der Waals surface area contributed by atoms with E-state index < -0.39 is 15.8 Å². The molecule has 0 spiro atoms. The van der Waals surface area contributed by atoms with Gasteiger partial charge in [-0.1, -0.05) is 6.07 Å². The summed E-state index contributed by atoms with van der Waals surface area (Å²) in [7, 11) is 0. The summed E-state index contributed by atoms with van der Waals surface area (Å²) < 4.78 is 0. The van der Waals surface area contributed by atoms with Crippen LogP contribution in [-0.2, 0) is 0 Å². The maximum atomic E-state index is 12.1. The minimum Gasteiger partial charge on any atom is -0.322 e. The number of nitrogens with zero attached hydrogens (tertiary/aromatic N) is 2. The first-order chi connectivity index (χ1) is 10.4. The maximum Gasteiger partial charge on any atom is 0.273 e. The smallest absolute Gasteiger partial charge is 0.273 e. The van der Waals surface area contributed by atoms with Crippen LogP contribution in [0.15, 0.2) is 42.5 Å². The number of rotatable bonds is 4. The van der Waals surface area contributed by atoms with Crippen LogP contribution >= 0.6 is 0 Å². The lowest BCUT2D eigenvalue weighted by atomic mass is 10.1. The molecule has 0 radical (unpaired) electrons. The molecule has 2 rings (SSSR count). The Morgan fingerprint density at radius 2 is 1.64 bits per heavy atom. The summed E-state index contributed by atoms with van der Waals surface area (Å²) in [5.41, 5.74) is 0.715. The number of carbonyl (C=O) groups excluding carboxylic acids is 1. The third kappa shape index (κ3) is 3.23. The molecule has 0 atom stereocenters. The predicted molar refractivity (Wildman–Crippen MR) is 78.9 cm³/mol. The summed E-state index contributed by atoms with van der Waals surface area (Å²) >= 11 is 0. The van der Waals surface area contributed by atoms with E-state index in [0.29, 0.717) is 11.3 Å². The molecule has 0 aliphatic heterocycles. The molecule has 0 aliphatic carbocycles. The van der Waals surface area contributed by atoms with Crippen molar-refractivity contribution in [3.8, 4) is 0 Å². The lowest BCUT2D eigenvalue weighted by molar-refractivity contribution is -0.385. The second kappa shape index (κ2) is 6.00. The van der Waals surface area contributed by atoms with Crippen LogP contribution in [0.25, 0.3) is 0 Å². The molecule has 2 aromatic carbocycles. The molecule has 112 valence electrons. The summed E-state index contributed by atoms with van der Waals surface area (Å²) in [4.78, 5) is 32.4. The molecule has 2 aromatic rings. The van der Waals surface area contributed by atoms with Gasteiger partial charge in [-0.2, -0.15) is 0 Å². The van der Waals surface area contributed by atoms with Gasteiger partial charge in [-0.25, -0.2) is 0 Å². The van der Waals surface area contributed by atoms with Gasteiger partial charge in [0.05, 0.1) is 9.85 Å². The summed E-state index contributed by atoms with van der Waals surface area (Å²) in [6, 6.07) is 9.44. The molecule has 1 amide bonds. The highest BCUT2D eigenvalue weighted by Crippen LogP contribution is 2.21. The molecule has 1 N–H and O–H groups in total. The van der Waals surface area contributed by atoms with Crippen LogP contribution in [0.3, 0.4) is 0 Å². The second-order valence-electron chi connectivity index (χ2n) is 4.52. The Balaban J connectivity index is 2.20. The highest BCUT2D eigenvalue weighted by atomic mass is 16.6. The van der Waals surface area contributed by atoms with E-state index in [2.05, 4.69) is 5.32 Å². The van der Waals surface area contributed by atoms with Crippen LogP contribution in [0.2, 0.25) is 0 Å². The Morgan fingerprint density at radius 1 is 1.00 bits per heavy atom. The Morgan fingerprint density at radius 3 is 2.18 bits per heavy atom. The zero-order valence-corrected chi connectivity index (χ0v) is 11.5. The number of carbonyl (C=O) groups is 1. The summed E-state index contributed by atoms with van der Waals surface area (Å²) in [6.45, 7) is 1.58. The molecule has 0 aromatic heterocycles. The number of nitrogens with one attached hydrogen (secondary N) is 1. The third-order valence-electron chi connectivity index (χ3n) is 3.00. The average molecular weight is 301 g/mol. The van der Waals surface area contributed by atoms with Crippen molar-refractivity contribution in [3.05, 3.63) is 73.8 Å². The van der Waals surface area contributed by atoms with Crippen LogP contribution in [0.1, 0.15) is 15.9 Å². The fourth-order valence-corrected chi connectivity index (χ4v) is 1.82. The molecule has 0 heterocycles. The zero-order valence-electron chi connectivity index (χ0n) is 11.5. The SMILES string of the molecule is Cc1ccc(C(=O)Nc2ccc([N+](=O)[O-])cc2)cc1[N+](=O)[O-]. The van der Waals surface area contributed by atoms with E-state index in [9.17, 15) is 25.0 Å². The molecule has 22 heavy (non-hydrogen) atoms. The topological polar surface area (TPSA) is 115 Å². The fourth-order valence-electron chi connectivity index (χ4n) is 1.82. The monoisotopic (exact) mass is 301 g/mol. The first-order valence-electron chi connectivity index (χ1n) is 6.19. The molecular weight excluding hydrogens is 290 g/mol. The van der Waals surface area contributed by atoms with Crippen molar-refractivity contribution in [1.29, 1.82) is 0 Å². The lowest BCUT2D eigenvalue weighted by Crippen LogP contribution is -2.12. The highest BCUT2D eigenvalue weighted by Gasteiger charge is 2.15. The van der Waals surface area contributed by atoms with Crippen LogP contribution in [0, 0.1) is 27.2 Å². The third-order valence-corrected chi connectivity index (χ3v) is 3.00. The first-order valence-corrected chi connectivity index (χ1v) is 6.19. The van der Waals surface area contributed by atoms with Crippen molar-refractivity contribution in [2.75, 3.05) is 5.32 Å². The molecule has 0 bridgehead atoms. The summed E-state index contributed by atoms with van der Waals surface area (Å²) in [6.07, 6.45) is 0. The van der Waals surface area contributed by atoms with Crippen LogP contribution in [-0.4, -0.2) is 15.8 Å². The van der Waals surface area contributed by atoms with Crippen LogP contribution in [0.4, 0.5) is 17.1 Å². The van der Waals surface area contributed by atoms with Crippen molar-refractivity contribution < 1.29 is 14.6 Å². The van der Waals surface area contributed by atoms with Crippen molar-refractivity contribution in [2.45, 2.75) is 6.92 Å². The number of hydrogen-bond acceptors (Lipinski definition) is 5. The zero-order chi connectivity index (χ0) is 16.3. The van der Waals surface area contributed by atoms with Gasteiger partial charge in [-0.05, 0) is 25.1 Å². The summed E-state index contributed by atoms with van der Waals surface area (Å²) in [5, 5.41) is 23.9. The Hall–Kier alpha value is -3.29. The van der Waals surface area contributed by atoms with E-state index in [-0.39, 0.29) is 16.9 Å². The Bertz CT molecular complexity index is 756. The molecule has 8 heteroatoms. The number of non-ortho nitro benzene ring substituents is 1. The molecular formula is C14H11N3O5. The number of nitro groups is 2. The van der Waals surface area contributed by atoms with Gasteiger partial charge in [-0.15, -0.1) is 0 Å². The lowest BCUT2D eigenvalue weighted by Gasteiger charge is -2.06. The minimum absolute atomic E-state index is 0.0935. The molecule has 0 fully saturated rings. The van der Waals surface area contributed by atoms with Crippen LogP contribution in [0.5, 0.6) is 0 Å². The van der Waals surface area contributed by atoms with E-state index in [1.165, 1.54) is 42.5 Å². The van der Waals surface area contributed by atoms with Gasteiger partial charge < -0.3 is 5.32 Å².